The number of halogens is 3. The summed E-state index contributed by atoms with van der Waals surface area (Å²) in [6.07, 6.45) is -3.43. The van der Waals surface area contributed by atoms with E-state index in [1.54, 1.807) is 6.92 Å². The number of nitrogen functional groups attached to an aromatic ring is 1. The van der Waals surface area contributed by atoms with Gasteiger partial charge in [-0.2, -0.15) is 13.2 Å². The van der Waals surface area contributed by atoms with E-state index in [4.69, 9.17) is 16.0 Å². The predicted molar refractivity (Wildman–Crippen MR) is 111 cm³/mol. The van der Waals surface area contributed by atoms with Crippen molar-refractivity contribution in [3.05, 3.63) is 64.4 Å². The van der Waals surface area contributed by atoms with Crippen LogP contribution >= 0.6 is 0 Å². The topological polar surface area (TPSA) is 162 Å². The highest BCUT2D eigenvalue weighted by atomic mass is 19.4. The summed E-state index contributed by atoms with van der Waals surface area (Å²) in [6.45, 7) is 2.85. The van der Waals surface area contributed by atoms with E-state index in [0.717, 1.165) is 12.4 Å². The molecule has 10 nitrogen and oxygen atoms in total. The highest BCUT2D eigenvalue weighted by molar-refractivity contribution is 6.02. The van der Waals surface area contributed by atoms with Crippen molar-refractivity contribution in [2.45, 2.75) is 32.6 Å². The van der Waals surface area contributed by atoms with E-state index in [-0.39, 0.29) is 46.3 Å². The minimum absolute atomic E-state index is 0.00171. The van der Waals surface area contributed by atoms with Crippen molar-refractivity contribution in [1.29, 1.82) is 0 Å². The zero-order valence-electron chi connectivity index (χ0n) is 17.5. The largest absolute Gasteiger partial charge is 0.416 e. The monoisotopic (exact) mass is 463 g/mol. The maximum absolute atomic E-state index is 13.1. The molecule has 33 heavy (non-hydrogen) atoms. The summed E-state index contributed by atoms with van der Waals surface area (Å²) in [6, 6.07) is 3.97. The molecule has 0 aliphatic rings. The van der Waals surface area contributed by atoms with E-state index in [2.05, 4.69) is 25.8 Å². The summed E-state index contributed by atoms with van der Waals surface area (Å²) in [4.78, 5) is 32.6. The SMILES string of the molecule is Cc1ccc(NC(=O)c2cc(C(C)NC(=O)c3ncnc(N)c3CN)no2)cc1C(F)(F)F. The number of anilines is 2. The van der Waals surface area contributed by atoms with Gasteiger partial charge in [0.05, 0.1) is 11.6 Å². The smallest absolute Gasteiger partial charge is 0.383 e. The Kier molecular flexibility index (Phi) is 6.62. The van der Waals surface area contributed by atoms with Crippen LogP contribution in [0.25, 0.3) is 0 Å². The fourth-order valence-electron chi connectivity index (χ4n) is 2.96. The Balaban J connectivity index is 1.71. The number of nitrogens with two attached hydrogens (primary N) is 2. The molecular formula is C20H20F3N7O3. The number of benzene rings is 1. The lowest BCUT2D eigenvalue weighted by Gasteiger charge is -2.13. The van der Waals surface area contributed by atoms with Crippen LogP contribution in [0, 0.1) is 6.92 Å². The lowest BCUT2D eigenvalue weighted by Crippen LogP contribution is -2.29. The molecule has 0 saturated heterocycles. The number of hydrogen-bond donors (Lipinski definition) is 4. The van der Waals surface area contributed by atoms with Crippen LogP contribution in [-0.2, 0) is 12.7 Å². The highest BCUT2D eigenvalue weighted by Crippen LogP contribution is 2.33. The number of carbonyl (C=O) groups excluding carboxylic acids is 2. The number of amides is 2. The Labute approximate surface area is 185 Å². The van der Waals surface area contributed by atoms with Crippen molar-refractivity contribution in [2.24, 2.45) is 5.73 Å². The van der Waals surface area contributed by atoms with Gasteiger partial charge in [0.2, 0.25) is 5.76 Å². The van der Waals surface area contributed by atoms with Gasteiger partial charge in [-0.3, -0.25) is 9.59 Å². The number of rotatable bonds is 6. The number of alkyl halides is 3. The van der Waals surface area contributed by atoms with Crippen molar-refractivity contribution < 1.29 is 27.3 Å². The van der Waals surface area contributed by atoms with Gasteiger partial charge in [0, 0.05) is 23.9 Å². The first-order valence-corrected chi connectivity index (χ1v) is 9.57. The maximum Gasteiger partial charge on any atom is 0.416 e. The molecule has 0 saturated carbocycles. The third kappa shape index (κ3) is 5.26. The molecule has 3 aromatic rings. The first-order chi connectivity index (χ1) is 15.5. The highest BCUT2D eigenvalue weighted by Gasteiger charge is 2.32. The first kappa shape index (κ1) is 23.7. The lowest BCUT2D eigenvalue weighted by atomic mass is 10.1. The van der Waals surface area contributed by atoms with Gasteiger partial charge < -0.3 is 26.6 Å². The fourth-order valence-corrected chi connectivity index (χ4v) is 2.96. The molecule has 6 N–H and O–H groups in total. The molecule has 0 bridgehead atoms. The lowest BCUT2D eigenvalue weighted by molar-refractivity contribution is -0.138. The second-order valence-electron chi connectivity index (χ2n) is 7.08. The van der Waals surface area contributed by atoms with Crippen LogP contribution in [0.3, 0.4) is 0 Å². The third-order valence-corrected chi connectivity index (χ3v) is 4.74. The molecule has 174 valence electrons. The summed E-state index contributed by atoms with van der Waals surface area (Å²) in [5.41, 5.74) is 10.9. The van der Waals surface area contributed by atoms with Gasteiger partial charge in [-0.15, -0.1) is 0 Å². The predicted octanol–water partition coefficient (Wildman–Crippen LogP) is 2.58. The van der Waals surface area contributed by atoms with Crippen molar-refractivity contribution in [1.82, 2.24) is 20.4 Å². The number of nitrogens with zero attached hydrogens (tertiary/aromatic N) is 3. The number of nitrogens with one attached hydrogen (secondary N) is 2. The minimum atomic E-state index is -4.56. The quantitative estimate of drug-likeness (QED) is 0.433. The van der Waals surface area contributed by atoms with E-state index in [1.807, 2.05) is 0 Å². The molecule has 0 spiro atoms. The molecule has 2 amide bonds. The summed E-state index contributed by atoms with van der Waals surface area (Å²) in [5, 5.41) is 8.70. The number of aryl methyl sites for hydroxylation is 1. The van der Waals surface area contributed by atoms with Crippen LogP contribution in [0.15, 0.2) is 35.1 Å². The average molecular weight is 463 g/mol. The van der Waals surface area contributed by atoms with Crippen molar-refractivity contribution in [2.75, 3.05) is 11.1 Å². The molecule has 0 aliphatic heterocycles. The van der Waals surface area contributed by atoms with E-state index < -0.39 is 29.6 Å². The van der Waals surface area contributed by atoms with Gasteiger partial charge in [0.15, 0.2) is 0 Å². The molecule has 2 heterocycles. The Morgan fingerprint density at radius 3 is 2.58 bits per heavy atom. The van der Waals surface area contributed by atoms with Crippen LogP contribution in [0.4, 0.5) is 24.7 Å². The second kappa shape index (κ2) is 9.24. The third-order valence-electron chi connectivity index (χ3n) is 4.74. The van der Waals surface area contributed by atoms with Gasteiger partial charge in [-0.25, -0.2) is 9.97 Å². The molecule has 1 aromatic carbocycles. The average Bonchev–Trinajstić information content (AvgIpc) is 3.24. The summed E-state index contributed by atoms with van der Waals surface area (Å²) >= 11 is 0. The molecule has 1 atom stereocenters. The van der Waals surface area contributed by atoms with E-state index >= 15 is 0 Å². The van der Waals surface area contributed by atoms with E-state index in [0.29, 0.717) is 0 Å². The van der Waals surface area contributed by atoms with Gasteiger partial charge in [0.25, 0.3) is 11.8 Å². The van der Waals surface area contributed by atoms with Gasteiger partial charge in [0.1, 0.15) is 23.5 Å². The van der Waals surface area contributed by atoms with Gasteiger partial charge >= 0.3 is 6.18 Å². The van der Waals surface area contributed by atoms with Gasteiger partial charge in [-0.1, -0.05) is 11.2 Å². The molecule has 0 fully saturated rings. The van der Waals surface area contributed by atoms with Crippen LogP contribution in [-0.4, -0.2) is 26.9 Å². The summed E-state index contributed by atoms with van der Waals surface area (Å²) < 4.78 is 44.2. The Hall–Kier alpha value is -4.00. The Morgan fingerprint density at radius 2 is 1.91 bits per heavy atom. The van der Waals surface area contributed by atoms with Crippen LogP contribution in [0.5, 0.6) is 0 Å². The van der Waals surface area contributed by atoms with Crippen LogP contribution in [0.1, 0.15) is 56.4 Å². The molecule has 2 aromatic heterocycles. The zero-order chi connectivity index (χ0) is 24.3. The molecule has 0 aliphatic carbocycles. The maximum atomic E-state index is 13.1. The normalized spacial score (nSPS) is 12.3. The van der Waals surface area contributed by atoms with E-state index in [9.17, 15) is 22.8 Å². The second-order valence-corrected chi connectivity index (χ2v) is 7.08. The number of hydrogen-bond acceptors (Lipinski definition) is 8. The fraction of sp³-hybridized carbons (Fsp3) is 0.250. The van der Waals surface area contributed by atoms with Crippen LogP contribution in [0.2, 0.25) is 0 Å². The number of carbonyl (C=O) groups is 2. The number of aromatic nitrogens is 3. The van der Waals surface area contributed by atoms with Crippen molar-refractivity contribution in [3.8, 4) is 0 Å². The molecular weight excluding hydrogens is 443 g/mol. The molecule has 1 unspecified atom stereocenters. The zero-order valence-corrected chi connectivity index (χ0v) is 17.5. The van der Waals surface area contributed by atoms with Crippen LogP contribution < -0.4 is 22.1 Å². The Morgan fingerprint density at radius 1 is 1.18 bits per heavy atom. The molecule has 3 rings (SSSR count). The van der Waals surface area contributed by atoms with Gasteiger partial charge in [-0.05, 0) is 31.5 Å². The van der Waals surface area contributed by atoms with Crippen molar-refractivity contribution in [3.63, 3.8) is 0 Å². The minimum Gasteiger partial charge on any atom is -0.383 e. The van der Waals surface area contributed by atoms with Crippen molar-refractivity contribution >= 4 is 23.3 Å². The first-order valence-electron chi connectivity index (χ1n) is 9.57. The standard InChI is InChI=1S/C20H20F3N7O3/c1-9-3-4-11(5-13(9)20(21,22)23)29-18(31)15-6-14(30-33-15)10(2)28-19(32)16-12(7-24)17(25)27-8-26-16/h3-6,8,10H,7,24H2,1-2H3,(H,28,32)(H,29,31)(H2,25,26,27). The molecule has 13 heteroatoms. The Bertz CT molecular complexity index is 1190. The van der Waals surface area contributed by atoms with E-state index in [1.165, 1.54) is 25.1 Å². The summed E-state index contributed by atoms with van der Waals surface area (Å²) in [7, 11) is 0. The summed E-state index contributed by atoms with van der Waals surface area (Å²) in [5.74, 6) is -1.58. The molecule has 0 radical (unpaired) electrons.